The minimum Gasteiger partial charge on any atom is -0.396 e. The third kappa shape index (κ3) is 8.52. The van der Waals surface area contributed by atoms with Crippen molar-refractivity contribution in [1.29, 1.82) is 0 Å². The van der Waals surface area contributed by atoms with Crippen molar-refractivity contribution in [3.63, 3.8) is 0 Å². The SMILES string of the molecule is CCCCCC(CC)NCCCCO. The van der Waals surface area contributed by atoms with Crippen LogP contribution in [0.5, 0.6) is 0 Å². The highest BCUT2D eigenvalue weighted by atomic mass is 16.2. The number of nitrogens with one attached hydrogen (secondary N) is 1. The number of hydrogen-bond acceptors (Lipinski definition) is 2. The van der Waals surface area contributed by atoms with Gasteiger partial charge < -0.3 is 10.4 Å². The molecule has 0 aliphatic carbocycles. The molecular weight excluding hydrogens is 174 g/mol. The summed E-state index contributed by atoms with van der Waals surface area (Å²) >= 11 is 0. The zero-order chi connectivity index (χ0) is 10.6. The van der Waals surface area contributed by atoms with E-state index >= 15 is 0 Å². The molecule has 0 aromatic carbocycles. The van der Waals surface area contributed by atoms with E-state index in [0.717, 1.165) is 19.4 Å². The van der Waals surface area contributed by atoms with E-state index in [9.17, 15) is 0 Å². The lowest BCUT2D eigenvalue weighted by molar-refractivity contribution is 0.282. The van der Waals surface area contributed by atoms with Crippen molar-refractivity contribution in [3.8, 4) is 0 Å². The molecule has 2 heteroatoms. The Balaban J connectivity index is 3.28. The Hall–Kier alpha value is -0.0800. The summed E-state index contributed by atoms with van der Waals surface area (Å²) in [5.74, 6) is 0. The lowest BCUT2D eigenvalue weighted by Gasteiger charge is -2.16. The predicted molar refractivity (Wildman–Crippen MR) is 62.5 cm³/mol. The second-order valence-electron chi connectivity index (χ2n) is 3.99. The molecule has 2 nitrogen and oxygen atoms in total. The Morgan fingerprint density at radius 3 is 2.43 bits per heavy atom. The first-order valence-corrected chi connectivity index (χ1v) is 6.19. The Labute approximate surface area is 89.1 Å². The smallest absolute Gasteiger partial charge is 0.0431 e. The summed E-state index contributed by atoms with van der Waals surface area (Å²) in [4.78, 5) is 0. The molecular formula is C12H27NO. The summed E-state index contributed by atoms with van der Waals surface area (Å²) in [6.07, 6.45) is 8.57. The third-order valence-electron chi connectivity index (χ3n) is 2.67. The maximum Gasteiger partial charge on any atom is 0.0431 e. The van der Waals surface area contributed by atoms with Gasteiger partial charge in [0.15, 0.2) is 0 Å². The first-order valence-electron chi connectivity index (χ1n) is 6.19. The average Bonchev–Trinajstić information content (AvgIpc) is 2.22. The molecule has 0 radical (unpaired) electrons. The fourth-order valence-corrected chi connectivity index (χ4v) is 1.63. The molecule has 0 fully saturated rings. The molecule has 0 bridgehead atoms. The lowest BCUT2D eigenvalue weighted by atomic mass is 10.1. The van der Waals surface area contributed by atoms with Crippen LogP contribution in [-0.2, 0) is 0 Å². The van der Waals surface area contributed by atoms with Gasteiger partial charge in [-0.2, -0.15) is 0 Å². The molecule has 0 saturated carbocycles. The van der Waals surface area contributed by atoms with Crippen LogP contribution in [0.4, 0.5) is 0 Å². The zero-order valence-electron chi connectivity index (χ0n) is 9.89. The van der Waals surface area contributed by atoms with Gasteiger partial charge in [0.1, 0.15) is 0 Å². The van der Waals surface area contributed by atoms with E-state index in [1.54, 1.807) is 0 Å². The summed E-state index contributed by atoms with van der Waals surface area (Å²) in [6.45, 7) is 5.88. The molecule has 0 spiro atoms. The quantitative estimate of drug-likeness (QED) is 0.533. The minimum atomic E-state index is 0.328. The van der Waals surface area contributed by atoms with Crippen molar-refractivity contribution in [2.24, 2.45) is 0 Å². The van der Waals surface area contributed by atoms with Crippen LogP contribution in [0.2, 0.25) is 0 Å². The van der Waals surface area contributed by atoms with E-state index in [0.29, 0.717) is 12.6 Å². The van der Waals surface area contributed by atoms with Gasteiger partial charge in [-0.15, -0.1) is 0 Å². The fraction of sp³-hybridized carbons (Fsp3) is 1.00. The second kappa shape index (κ2) is 11.0. The van der Waals surface area contributed by atoms with Crippen LogP contribution in [0.25, 0.3) is 0 Å². The molecule has 1 unspecified atom stereocenters. The highest BCUT2D eigenvalue weighted by Gasteiger charge is 2.03. The molecule has 1 atom stereocenters. The second-order valence-corrected chi connectivity index (χ2v) is 3.99. The van der Waals surface area contributed by atoms with Crippen LogP contribution in [0.1, 0.15) is 58.8 Å². The average molecular weight is 201 g/mol. The molecule has 0 aliphatic heterocycles. The van der Waals surface area contributed by atoms with E-state index in [1.165, 1.54) is 32.1 Å². The lowest BCUT2D eigenvalue weighted by Crippen LogP contribution is -2.29. The van der Waals surface area contributed by atoms with Gasteiger partial charge in [-0.25, -0.2) is 0 Å². The Morgan fingerprint density at radius 1 is 1.07 bits per heavy atom. The maximum atomic E-state index is 8.63. The van der Waals surface area contributed by atoms with Crippen molar-refractivity contribution in [2.75, 3.05) is 13.2 Å². The molecule has 0 saturated heterocycles. The molecule has 0 aliphatic rings. The van der Waals surface area contributed by atoms with Gasteiger partial charge in [0, 0.05) is 12.6 Å². The van der Waals surface area contributed by atoms with Crippen LogP contribution in [0.15, 0.2) is 0 Å². The van der Waals surface area contributed by atoms with E-state index < -0.39 is 0 Å². The third-order valence-corrected chi connectivity index (χ3v) is 2.67. The monoisotopic (exact) mass is 201 g/mol. The first-order chi connectivity index (χ1) is 6.85. The van der Waals surface area contributed by atoms with Crippen molar-refractivity contribution in [1.82, 2.24) is 5.32 Å². The Kier molecular flexibility index (Phi) is 10.9. The summed E-state index contributed by atoms with van der Waals surface area (Å²) in [5, 5.41) is 12.2. The van der Waals surface area contributed by atoms with Crippen molar-refractivity contribution in [2.45, 2.75) is 64.8 Å². The number of unbranched alkanes of at least 4 members (excludes halogenated alkanes) is 3. The summed E-state index contributed by atoms with van der Waals surface area (Å²) in [6, 6.07) is 0.695. The van der Waals surface area contributed by atoms with Crippen LogP contribution >= 0.6 is 0 Å². The van der Waals surface area contributed by atoms with E-state index in [-0.39, 0.29) is 0 Å². The fourth-order valence-electron chi connectivity index (χ4n) is 1.63. The van der Waals surface area contributed by atoms with Gasteiger partial charge in [0.05, 0.1) is 0 Å². The van der Waals surface area contributed by atoms with Gasteiger partial charge in [0.2, 0.25) is 0 Å². The standard InChI is InChI=1S/C12H27NO/c1-3-5-6-9-12(4-2)13-10-7-8-11-14/h12-14H,3-11H2,1-2H3. The van der Waals surface area contributed by atoms with Crippen LogP contribution in [-0.4, -0.2) is 24.3 Å². The normalized spacial score (nSPS) is 13.1. The molecule has 0 rings (SSSR count). The van der Waals surface area contributed by atoms with Crippen molar-refractivity contribution >= 4 is 0 Å². The molecule has 2 N–H and O–H groups in total. The number of aliphatic hydroxyl groups is 1. The first kappa shape index (κ1) is 13.9. The largest absolute Gasteiger partial charge is 0.396 e. The molecule has 0 amide bonds. The Morgan fingerprint density at radius 2 is 1.86 bits per heavy atom. The Bertz CT molecular complexity index is 106. The predicted octanol–water partition coefficient (Wildman–Crippen LogP) is 2.71. The van der Waals surface area contributed by atoms with Crippen LogP contribution in [0, 0.1) is 0 Å². The van der Waals surface area contributed by atoms with Gasteiger partial charge >= 0.3 is 0 Å². The summed E-state index contributed by atoms with van der Waals surface area (Å²) in [5.41, 5.74) is 0. The molecule has 86 valence electrons. The van der Waals surface area contributed by atoms with Gasteiger partial charge in [0.25, 0.3) is 0 Å². The van der Waals surface area contributed by atoms with Crippen molar-refractivity contribution < 1.29 is 5.11 Å². The highest BCUT2D eigenvalue weighted by Crippen LogP contribution is 2.06. The molecule has 14 heavy (non-hydrogen) atoms. The van der Waals surface area contributed by atoms with E-state index in [1.807, 2.05) is 0 Å². The van der Waals surface area contributed by atoms with E-state index in [2.05, 4.69) is 19.2 Å². The number of aliphatic hydroxyl groups excluding tert-OH is 1. The number of hydrogen-bond donors (Lipinski definition) is 2. The highest BCUT2D eigenvalue weighted by molar-refractivity contribution is 4.64. The van der Waals surface area contributed by atoms with Crippen LogP contribution in [0.3, 0.4) is 0 Å². The maximum absolute atomic E-state index is 8.63. The van der Waals surface area contributed by atoms with Gasteiger partial charge in [-0.05, 0) is 32.2 Å². The van der Waals surface area contributed by atoms with Crippen LogP contribution < -0.4 is 5.32 Å². The van der Waals surface area contributed by atoms with E-state index in [4.69, 9.17) is 5.11 Å². The molecule has 0 aromatic heterocycles. The van der Waals surface area contributed by atoms with Gasteiger partial charge in [-0.3, -0.25) is 0 Å². The molecule has 0 heterocycles. The zero-order valence-corrected chi connectivity index (χ0v) is 9.89. The summed E-state index contributed by atoms with van der Waals surface area (Å²) < 4.78 is 0. The minimum absolute atomic E-state index is 0.328. The number of rotatable bonds is 10. The van der Waals surface area contributed by atoms with Gasteiger partial charge in [-0.1, -0.05) is 33.1 Å². The summed E-state index contributed by atoms with van der Waals surface area (Å²) in [7, 11) is 0. The molecule has 0 aromatic rings. The van der Waals surface area contributed by atoms with Crippen molar-refractivity contribution in [3.05, 3.63) is 0 Å². The topological polar surface area (TPSA) is 32.3 Å².